The third-order valence-electron chi connectivity index (χ3n) is 2.63. The van der Waals surface area contributed by atoms with Gasteiger partial charge in [0.15, 0.2) is 0 Å². The highest BCUT2D eigenvalue weighted by molar-refractivity contribution is 4.95. The second kappa shape index (κ2) is 7.13. The van der Waals surface area contributed by atoms with Crippen molar-refractivity contribution in [3.05, 3.63) is 0 Å². The van der Waals surface area contributed by atoms with Crippen LogP contribution in [0, 0.1) is 0 Å². The van der Waals surface area contributed by atoms with Gasteiger partial charge in [-0.15, -0.1) is 0 Å². The van der Waals surface area contributed by atoms with E-state index in [0.29, 0.717) is 0 Å². The van der Waals surface area contributed by atoms with Crippen molar-refractivity contribution in [1.29, 1.82) is 0 Å². The first-order chi connectivity index (χ1) is 12.2. The van der Waals surface area contributed by atoms with Crippen molar-refractivity contribution in [1.82, 2.24) is 0 Å². The lowest BCUT2D eigenvalue weighted by Gasteiger charge is -2.40. The van der Waals surface area contributed by atoms with Gasteiger partial charge in [0.05, 0.1) is 0 Å². The van der Waals surface area contributed by atoms with Crippen LogP contribution in [-0.2, 0) is 9.47 Å². The Morgan fingerprint density at radius 3 is 0.966 bits per heavy atom. The number of aliphatic hydroxyl groups is 1. The summed E-state index contributed by atoms with van der Waals surface area (Å²) in [6.45, 7) is -3.24. The summed E-state index contributed by atoms with van der Waals surface area (Å²) >= 11 is 0. The molecule has 0 bridgehead atoms. The number of ether oxygens (including phenoxy) is 2. The van der Waals surface area contributed by atoms with E-state index < -0.39 is 55.0 Å². The van der Waals surface area contributed by atoms with Crippen molar-refractivity contribution in [3.63, 3.8) is 0 Å². The van der Waals surface area contributed by atoms with E-state index in [9.17, 15) is 74.6 Å². The molecule has 0 fully saturated rings. The van der Waals surface area contributed by atoms with E-state index >= 15 is 0 Å². The molecule has 0 aliphatic carbocycles. The third kappa shape index (κ3) is 4.72. The van der Waals surface area contributed by atoms with E-state index in [1.807, 2.05) is 0 Å². The fourth-order valence-electron chi connectivity index (χ4n) is 1.14. The molecule has 0 heterocycles. The predicted molar refractivity (Wildman–Crippen MR) is 49.9 cm³/mol. The normalized spacial score (nSPS) is 18.0. The molecule has 3 nitrogen and oxygen atoms in total. The Hall–Kier alpha value is -1.31. The molecule has 176 valence electrons. The Labute approximate surface area is 145 Å². The largest absolute Gasteiger partial charge is 0.458 e. The standard InChI is InChI=1S/C9H3F17O3/c10-2(11,1-27)8(23,24)29-4(13,7(20,21)22)9(25,26)28-3(12,5(14,15)16)6(17,18)19/h27H,1H2/t4-/m0/s1. The van der Waals surface area contributed by atoms with E-state index in [2.05, 4.69) is 0 Å². The summed E-state index contributed by atoms with van der Waals surface area (Å²) < 4.78 is 216. The highest BCUT2D eigenvalue weighted by Crippen LogP contribution is 2.56. The topological polar surface area (TPSA) is 38.7 Å². The molecule has 1 atom stereocenters. The summed E-state index contributed by atoms with van der Waals surface area (Å²) in [4.78, 5) is 0. The molecule has 0 aromatic carbocycles. The SMILES string of the molecule is OCC(F)(F)C(F)(F)O[C@@](F)(C(F)(F)F)C(F)(F)OC(F)(C(F)(F)F)C(F)(F)F. The molecule has 0 unspecified atom stereocenters. The quantitative estimate of drug-likeness (QED) is 0.528. The predicted octanol–water partition coefficient (Wildman–Crippen LogP) is 4.85. The maximum absolute atomic E-state index is 13.5. The zero-order valence-corrected chi connectivity index (χ0v) is 12.4. The van der Waals surface area contributed by atoms with Gasteiger partial charge in [0.1, 0.15) is 6.61 Å². The minimum atomic E-state index is -8.01. The van der Waals surface area contributed by atoms with Gasteiger partial charge in [-0.05, 0) is 0 Å². The van der Waals surface area contributed by atoms with Crippen molar-refractivity contribution in [2.24, 2.45) is 0 Å². The molecule has 0 saturated carbocycles. The van der Waals surface area contributed by atoms with Crippen LogP contribution in [0.25, 0.3) is 0 Å². The minimum absolute atomic E-state index is 1.23. The average Bonchev–Trinajstić information content (AvgIpc) is 2.42. The Bertz CT molecular complexity index is 560. The highest BCUT2D eigenvalue weighted by Gasteiger charge is 2.85. The van der Waals surface area contributed by atoms with Crippen molar-refractivity contribution < 1.29 is 89.2 Å². The van der Waals surface area contributed by atoms with Crippen LogP contribution >= 0.6 is 0 Å². The molecule has 1 N–H and O–H groups in total. The maximum Gasteiger partial charge on any atom is 0.458 e. The summed E-state index contributed by atoms with van der Waals surface area (Å²) in [5.41, 5.74) is 0. The second-order valence-electron chi connectivity index (χ2n) is 4.78. The fourth-order valence-corrected chi connectivity index (χ4v) is 1.14. The summed E-state index contributed by atoms with van der Waals surface area (Å²) in [6.07, 6.45) is -38.4. The average molecular weight is 482 g/mol. The van der Waals surface area contributed by atoms with Gasteiger partial charge in [-0.3, -0.25) is 9.47 Å². The molecular formula is C9H3F17O3. The summed E-state index contributed by atoms with van der Waals surface area (Å²) in [7, 11) is 0. The molecule has 0 saturated heterocycles. The first-order valence-corrected chi connectivity index (χ1v) is 5.95. The Balaban J connectivity index is 6.58. The van der Waals surface area contributed by atoms with Gasteiger partial charge in [0, 0.05) is 0 Å². The van der Waals surface area contributed by atoms with Crippen molar-refractivity contribution in [2.75, 3.05) is 6.61 Å². The van der Waals surface area contributed by atoms with E-state index in [0.717, 1.165) is 0 Å². The number of halogens is 17. The maximum atomic E-state index is 13.5. The van der Waals surface area contributed by atoms with Crippen LogP contribution in [0.2, 0.25) is 0 Å². The third-order valence-corrected chi connectivity index (χ3v) is 2.63. The fraction of sp³-hybridized carbons (Fsp3) is 1.00. The minimum Gasteiger partial charge on any atom is -0.390 e. The van der Waals surface area contributed by atoms with Crippen molar-refractivity contribution in [3.8, 4) is 0 Å². The van der Waals surface area contributed by atoms with Crippen molar-refractivity contribution in [2.45, 2.75) is 48.4 Å². The summed E-state index contributed by atoms with van der Waals surface area (Å²) in [5.74, 6) is -22.1. The lowest BCUT2D eigenvalue weighted by atomic mass is 10.2. The lowest BCUT2D eigenvalue weighted by molar-refractivity contribution is -0.560. The van der Waals surface area contributed by atoms with Crippen LogP contribution in [0.4, 0.5) is 74.6 Å². The summed E-state index contributed by atoms with van der Waals surface area (Å²) in [6, 6.07) is 0. The number of alkyl halides is 17. The molecule has 0 aromatic heterocycles. The van der Waals surface area contributed by atoms with Crippen LogP contribution in [0.15, 0.2) is 0 Å². The molecule has 20 heteroatoms. The number of rotatable bonds is 7. The smallest absolute Gasteiger partial charge is 0.390 e. The summed E-state index contributed by atoms with van der Waals surface area (Å²) in [5, 5.41) is 7.84. The Morgan fingerprint density at radius 2 is 0.724 bits per heavy atom. The van der Waals surface area contributed by atoms with E-state index in [1.54, 1.807) is 0 Å². The van der Waals surface area contributed by atoms with Crippen LogP contribution in [0.1, 0.15) is 0 Å². The molecule has 0 aliphatic rings. The van der Waals surface area contributed by atoms with Crippen molar-refractivity contribution >= 4 is 0 Å². The molecule has 0 aliphatic heterocycles. The van der Waals surface area contributed by atoms with Crippen LogP contribution < -0.4 is 0 Å². The zero-order valence-electron chi connectivity index (χ0n) is 12.4. The second-order valence-corrected chi connectivity index (χ2v) is 4.78. The number of hydrogen-bond donors (Lipinski definition) is 1. The van der Waals surface area contributed by atoms with Crippen LogP contribution in [-0.4, -0.2) is 60.1 Å². The molecular weight excluding hydrogens is 479 g/mol. The van der Waals surface area contributed by atoms with Crippen LogP contribution in [0.5, 0.6) is 0 Å². The first-order valence-electron chi connectivity index (χ1n) is 5.95. The molecule has 0 rings (SSSR count). The Kier molecular flexibility index (Phi) is 6.81. The molecule has 0 amide bonds. The van der Waals surface area contributed by atoms with Gasteiger partial charge in [-0.1, -0.05) is 0 Å². The first kappa shape index (κ1) is 27.7. The van der Waals surface area contributed by atoms with E-state index in [-0.39, 0.29) is 0 Å². The zero-order chi connectivity index (χ0) is 24.1. The van der Waals surface area contributed by atoms with Gasteiger partial charge >= 0.3 is 48.4 Å². The van der Waals surface area contributed by atoms with Gasteiger partial charge in [0.2, 0.25) is 0 Å². The highest BCUT2D eigenvalue weighted by atomic mass is 19.4. The lowest BCUT2D eigenvalue weighted by Crippen LogP contribution is -2.68. The molecule has 0 aromatic rings. The molecule has 0 radical (unpaired) electrons. The van der Waals surface area contributed by atoms with E-state index in [1.165, 1.54) is 9.47 Å². The van der Waals surface area contributed by atoms with Gasteiger partial charge < -0.3 is 5.11 Å². The number of aliphatic hydroxyl groups excluding tert-OH is 1. The van der Waals surface area contributed by atoms with Gasteiger partial charge in [0.25, 0.3) is 0 Å². The monoisotopic (exact) mass is 482 g/mol. The number of hydrogen-bond acceptors (Lipinski definition) is 3. The molecule has 29 heavy (non-hydrogen) atoms. The van der Waals surface area contributed by atoms with Gasteiger partial charge in [-0.2, -0.15) is 74.6 Å². The molecule has 0 spiro atoms. The van der Waals surface area contributed by atoms with Crippen LogP contribution in [0.3, 0.4) is 0 Å². The van der Waals surface area contributed by atoms with Gasteiger partial charge in [-0.25, -0.2) is 0 Å². The Morgan fingerprint density at radius 1 is 0.448 bits per heavy atom. The van der Waals surface area contributed by atoms with E-state index in [4.69, 9.17) is 5.11 Å².